The summed E-state index contributed by atoms with van der Waals surface area (Å²) in [5.74, 6) is -0.139. The average molecular weight is 392 g/mol. The summed E-state index contributed by atoms with van der Waals surface area (Å²) >= 11 is 11.9. The van der Waals surface area contributed by atoms with Gasteiger partial charge in [-0.25, -0.2) is 5.43 Å². The minimum absolute atomic E-state index is 0.0540. The van der Waals surface area contributed by atoms with Crippen LogP contribution < -0.4 is 10.7 Å². The summed E-state index contributed by atoms with van der Waals surface area (Å²) in [6.45, 7) is 3.95. The molecule has 5 nitrogen and oxygen atoms in total. The molecule has 0 fully saturated rings. The molecule has 2 amide bonds. The van der Waals surface area contributed by atoms with Gasteiger partial charge in [0.1, 0.15) is 0 Å². The Morgan fingerprint density at radius 1 is 1.12 bits per heavy atom. The zero-order valence-corrected chi connectivity index (χ0v) is 15.9. The third-order valence-corrected chi connectivity index (χ3v) is 3.92. The number of hydrogen-bond donors (Lipinski definition) is 2. The normalized spacial score (nSPS) is 11.0. The third-order valence-electron chi connectivity index (χ3n) is 3.36. The number of nitrogens with zero attached hydrogens (tertiary/aromatic N) is 1. The third kappa shape index (κ3) is 6.17. The van der Waals surface area contributed by atoms with E-state index in [1.54, 1.807) is 42.5 Å². The van der Waals surface area contributed by atoms with Crippen molar-refractivity contribution in [2.45, 2.75) is 20.3 Å². The first-order chi connectivity index (χ1) is 12.3. The van der Waals surface area contributed by atoms with Crippen LogP contribution in [0.5, 0.6) is 0 Å². The molecule has 2 aromatic rings. The Bertz CT molecular complexity index is 818. The Morgan fingerprint density at radius 3 is 2.42 bits per heavy atom. The fourth-order valence-corrected chi connectivity index (χ4v) is 2.58. The molecule has 136 valence electrons. The Morgan fingerprint density at radius 2 is 1.81 bits per heavy atom. The van der Waals surface area contributed by atoms with E-state index in [0.717, 1.165) is 0 Å². The number of carbonyl (C=O) groups is 2. The van der Waals surface area contributed by atoms with Crippen LogP contribution in [0.2, 0.25) is 10.0 Å². The van der Waals surface area contributed by atoms with E-state index < -0.39 is 0 Å². The average Bonchev–Trinajstić information content (AvgIpc) is 2.56. The first kappa shape index (κ1) is 19.9. The zero-order valence-electron chi connectivity index (χ0n) is 14.4. The summed E-state index contributed by atoms with van der Waals surface area (Å²) in [7, 11) is 0. The van der Waals surface area contributed by atoms with Gasteiger partial charge in [0.25, 0.3) is 5.91 Å². The van der Waals surface area contributed by atoms with E-state index in [1.807, 2.05) is 13.8 Å². The highest BCUT2D eigenvalue weighted by molar-refractivity contribution is 6.36. The molecular formula is C19H19Cl2N3O2. The van der Waals surface area contributed by atoms with Crippen molar-refractivity contribution in [2.24, 2.45) is 11.0 Å². The Labute approximate surface area is 162 Å². The summed E-state index contributed by atoms with van der Waals surface area (Å²) < 4.78 is 0. The maximum atomic E-state index is 12.1. The Kier molecular flexibility index (Phi) is 7.18. The van der Waals surface area contributed by atoms with Crippen LogP contribution in [0.25, 0.3) is 0 Å². The smallest absolute Gasteiger partial charge is 0.271 e. The molecular weight excluding hydrogens is 373 g/mol. The topological polar surface area (TPSA) is 70.6 Å². The molecule has 7 heteroatoms. The molecule has 0 aliphatic heterocycles. The van der Waals surface area contributed by atoms with Gasteiger partial charge >= 0.3 is 0 Å². The molecule has 0 saturated heterocycles. The Balaban J connectivity index is 1.93. The summed E-state index contributed by atoms with van der Waals surface area (Å²) in [5.41, 5.74) is 4.13. The van der Waals surface area contributed by atoms with Crippen LogP contribution in [-0.2, 0) is 4.79 Å². The lowest BCUT2D eigenvalue weighted by Gasteiger charge is -2.07. The maximum absolute atomic E-state index is 12.1. The molecule has 0 atom stereocenters. The van der Waals surface area contributed by atoms with Crippen molar-refractivity contribution in [1.29, 1.82) is 0 Å². The molecule has 2 N–H and O–H groups in total. The number of rotatable bonds is 6. The molecule has 0 aliphatic carbocycles. The molecule has 0 aliphatic rings. The second-order valence-electron chi connectivity index (χ2n) is 6.09. The molecule has 0 radical (unpaired) electrons. The monoisotopic (exact) mass is 391 g/mol. The number of benzene rings is 2. The predicted molar refractivity (Wildman–Crippen MR) is 106 cm³/mol. The summed E-state index contributed by atoms with van der Waals surface area (Å²) in [6, 6.07) is 11.6. The van der Waals surface area contributed by atoms with Crippen LogP contribution in [0.3, 0.4) is 0 Å². The van der Waals surface area contributed by atoms with E-state index in [2.05, 4.69) is 15.8 Å². The summed E-state index contributed by atoms with van der Waals surface area (Å²) in [4.78, 5) is 23.8. The van der Waals surface area contributed by atoms with Gasteiger partial charge in [0.05, 0.1) is 11.2 Å². The highest BCUT2D eigenvalue weighted by Crippen LogP contribution is 2.19. The molecule has 0 unspecified atom stereocenters. The van der Waals surface area contributed by atoms with Gasteiger partial charge in [0.15, 0.2) is 0 Å². The molecule has 0 aromatic heterocycles. The number of nitrogens with one attached hydrogen (secondary N) is 2. The van der Waals surface area contributed by atoms with Gasteiger partial charge in [-0.3, -0.25) is 9.59 Å². The zero-order chi connectivity index (χ0) is 19.1. The minimum atomic E-state index is -0.369. The van der Waals surface area contributed by atoms with Crippen molar-refractivity contribution in [3.05, 3.63) is 63.6 Å². The standard InChI is InChI=1S/C19H19Cl2N3O2/c1-12(2)9-18(25)23-16-7-4-13(5-8-16)19(26)24-22-11-14-3-6-15(20)10-17(14)21/h3-8,10-12H,9H2,1-2H3,(H,23,25)(H,24,26). The quantitative estimate of drug-likeness (QED) is 0.551. The van der Waals surface area contributed by atoms with Crippen LogP contribution >= 0.6 is 23.2 Å². The number of hydrogen-bond acceptors (Lipinski definition) is 3. The van der Waals surface area contributed by atoms with Crippen molar-refractivity contribution < 1.29 is 9.59 Å². The fourth-order valence-electron chi connectivity index (χ4n) is 2.12. The Hall–Kier alpha value is -2.37. The minimum Gasteiger partial charge on any atom is -0.326 e. The SMILES string of the molecule is CC(C)CC(=O)Nc1ccc(C(=O)NN=Cc2ccc(Cl)cc2Cl)cc1. The lowest BCUT2D eigenvalue weighted by Crippen LogP contribution is -2.18. The molecule has 0 spiro atoms. The second kappa shape index (κ2) is 9.36. The highest BCUT2D eigenvalue weighted by Gasteiger charge is 2.07. The van der Waals surface area contributed by atoms with E-state index in [0.29, 0.717) is 33.3 Å². The lowest BCUT2D eigenvalue weighted by atomic mass is 10.1. The van der Waals surface area contributed by atoms with Crippen molar-refractivity contribution >= 4 is 46.9 Å². The first-order valence-electron chi connectivity index (χ1n) is 8.03. The first-order valence-corrected chi connectivity index (χ1v) is 8.79. The number of anilines is 1. The van der Waals surface area contributed by atoms with Gasteiger partial charge in [-0.05, 0) is 42.3 Å². The molecule has 26 heavy (non-hydrogen) atoms. The fraction of sp³-hybridized carbons (Fsp3) is 0.211. The van der Waals surface area contributed by atoms with Crippen LogP contribution in [0.1, 0.15) is 36.2 Å². The second-order valence-corrected chi connectivity index (χ2v) is 6.93. The molecule has 0 heterocycles. The van der Waals surface area contributed by atoms with E-state index >= 15 is 0 Å². The van der Waals surface area contributed by atoms with Gasteiger partial charge in [-0.15, -0.1) is 0 Å². The number of halogens is 2. The van der Waals surface area contributed by atoms with Gasteiger partial charge in [0.2, 0.25) is 5.91 Å². The lowest BCUT2D eigenvalue weighted by molar-refractivity contribution is -0.116. The van der Waals surface area contributed by atoms with Gasteiger partial charge in [-0.1, -0.05) is 43.1 Å². The number of hydrazone groups is 1. The van der Waals surface area contributed by atoms with Crippen LogP contribution in [-0.4, -0.2) is 18.0 Å². The predicted octanol–water partition coefficient (Wildman–Crippen LogP) is 4.74. The number of amides is 2. The van der Waals surface area contributed by atoms with Crippen LogP contribution in [0.15, 0.2) is 47.6 Å². The highest BCUT2D eigenvalue weighted by atomic mass is 35.5. The van der Waals surface area contributed by atoms with Gasteiger partial charge in [0, 0.05) is 28.3 Å². The van der Waals surface area contributed by atoms with Crippen molar-refractivity contribution in [3.8, 4) is 0 Å². The molecule has 2 rings (SSSR count). The summed E-state index contributed by atoms with van der Waals surface area (Å²) in [5, 5.41) is 7.65. The van der Waals surface area contributed by atoms with E-state index in [1.165, 1.54) is 6.21 Å². The molecule has 0 bridgehead atoms. The van der Waals surface area contributed by atoms with Crippen LogP contribution in [0, 0.1) is 5.92 Å². The van der Waals surface area contributed by atoms with Crippen molar-refractivity contribution in [3.63, 3.8) is 0 Å². The number of carbonyl (C=O) groups excluding carboxylic acids is 2. The van der Waals surface area contributed by atoms with Crippen molar-refractivity contribution in [2.75, 3.05) is 5.32 Å². The van der Waals surface area contributed by atoms with Crippen molar-refractivity contribution in [1.82, 2.24) is 5.43 Å². The van der Waals surface area contributed by atoms with E-state index in [4.69, 9.17) is 23.2 Å². The van der Waals surface area contributed by atoms with E-state index in [-0.39, 0.29) is 17.7 Å². The molecule has 0 saturated carbocycles. The van der Waals surface area contributed by atoms with Crippen LogP contribution in [0.4, 0.5) is 5.69 Å². The van der Waals surface area contributed by atoms with E-state index in [9.17, 15) is 9.59 Å². The largest absolute Gasteiger partial charge is 0.326 e. The van der Waals surface area contributed by atoms with Gasteiger partial charge < -0.3 is 5.32 Å². The summed E-state index contributed by atoms with van der Waals surface area (Å²) in [6.07, 6.45) is 1.89. The van der Waals surface area contributed by atoms with Gasteiger partial charge in [-0.2, -0.15) is 5.10 Å². The molecule has 2 aromatic carbocycles. The maximum Gasteiger partial charge on any atom is 0.271 e.